The molecule has 50 valence electrons. The molecule has 0 aliphatic carbocycles. The molecule has 0 bridgehead atoms. The third-order valence-corrected chi connectivity index (χ3v) is 1.10. The summed E-state index contributed by atoms with van der Waals surface area (Å²) in [5.74, 6) is -0.851. The molecule has 3 heteroatoms. The Kier molecular flexibility index (Phi) is 3.94. The summed E-state index contributed by atoms with van der Waals surface area (Å²) in [5, 5.41) is 8.67. The van der Waals surface area contributed by atoms with Crippen molar-refractivity contribution >= 4 is 29.6 Å². The zero-order valence-corrected chi connectivity index (χ0v) is 5.06. The first kappa shape index (κ1) is 9.95. The molecule has 1 N–H and O–H groups in total. The quantitative estimate of drug-likeness (QED) is 0.551. The molecule has 0 fully saturated rings. The SMILES string of the molecule is Cc1ccc(O)c(F)c1.[NaH]. The number of halogens is 1. The number of aromatic hydroxyl groups is 1. The Labute approximate surface area is 81.2 Å². The third kappa shape index (κ3) is 2.29. The van der Waals surface area contributed by atoms with Gasteiger partial charge in [0.05, 0.1) is 0 Å². The van der Waals surface area contributed by atoms with Gasteiger partial charge in [0, 0.05) is 0 Å². The van der Waals surface area contributed by atoms with Crippen LogP contribution in [0.15, 0.2) is 18.2 Å². The first-order valence-corrected chi connectivity index (χ1v) is 2.65. The summed E-state index contributed by atoms with van der Waals surface area (Å²) in [5.41, 5.74) is 0.810. The maximum atomic E-state index is 12.3. The van der Waals surface area contributed by atoms with Crippen molar-refractivity contribution in [2.24, 2.45) is 0 Å². The molecule has 1 aromatic rings. The van der Waals surface area contributed by atoms with Crippen LogP contribution in [0.2, 0.25) is 0 Å². The summed E-state index contributed by atoms with van der Waals surface area (Å²) in [6.45, 7) is 1.77. The van der Waals surface area contributed by atoms with Crippen LogP contribution in [-0.4, -0.2) is 34.7 Å². The number of hydrogen-bond donors (Lipinski definition) is 1. The van der Waals surface area contributed by atoms with Gasteiger partial charge in [0.1, 0.15) is 0 Å². The monoisotopic (exact) mass is 150 g/mol. The van der Waals surface area contributed by atoms with Crippen LogP contribution >= 0.6 is 0 Å². The fourth-order valence-electron chi connectivity index (χ4n) is 0.612. The first-order chi connectivity index (χ1) is 4.20. The molecule has 10 heavy (non-hydrogen) atoms. The zero-order valence-electron chi connectivity index (χ0n) is 5.06. The van der Waals surface area contributed by atoms with Crippen molar-refractivity contribution in [2.75, 3.05) is 0 Å². The van der Waals surface area contributed by atoms with Crippen LogP contribution in [0.5, 0.6) is 5.75 Å². The minimum absolute atomic E-state index is 0. The number of phenolic OH excluding ortho intramolecular Hbond substituents is 1. The minimum atomic E-state index is -0.560. The van der Waals surface area contributed by atoms with Gasteiger partial charge in [-0.05, 0) is 24.6 Å². The van der Waals surface area contributed by atoms with Gasteiger partial charge in [-0.3, -0.25) is 0 Å². The molecule has 0 unspecified atom stereocenters. The summed E-state index contributed by atoms with van der Waals surface area (Å²) >= 11 is 0. The van der Waals surface area contributed by atoms with Crippen LogP contribution in [0.3, 0.4) is 0 Å². The average Bonchev–Trinajstić information content (AvgIpc) is 1.80. The van der Waals surface area contributed by atoms with Gasteiger partial charge in [-0.2, -0.15) is 0 Å². The number of hydrogen-bond acceptors (Lipinski definition) is 1. The summed E-state index contributed by atoms with van der Waals surface area (Å²) in [6, 6.07) is 4.28. The van der Waals surface area contributed by atoms with Crippen LogP contribution in [0.25, 0.3) is 0 Å². The first-order valence-electron chi connectivity index (χ1n) is 2.65. The Morgan fingerprint density at radius 2 is 2.00 bits per heavy atom. The van der Waals surface area contributed by atoms with Crippen LogP contribution < -0.4 is 0 Å². The average molecular weight is 150 g/mol. The number of benzene rings is 1. The van der Waals surface area contributed by atoms with Gasteiger partial charge in [0.25, 0.3) is 0 Å². The van der Waals surface area contributed by atoms with E-state index in [0.717, 1.165) is 5.56 Å². The van der Waals surface area contributed by atoms with Gasteiger partial charge >= 0.3 is 29.6 Å². The van der Waals surface area contributed by atoms with Crippen molar-refractivity contribution in [2.45, 2.75) is 6.92 Å². The molecule has 1 nitrogen and oxygen atoms in total. The van der Waals surface area contributed by atoms with Crippen molar-refractivity contribution in [1.29, 1.82) is 0 Å². The zero-order chi connectivity index (χ0) is 6.85. The molecule has 0 aliphatic rings. The number of rotatable bonds is 0. The molecule has 0 saturated heterocycles. The van der Waals surface area contributed by atoms with Crippen LogP contribution in [0, 0.1) is 12.7 Å². The Balaban J connectivity index is 0.000000810. The fourth-order valence-corrected chi connectivity index (χ4v) is 0.612. The Morgan fingerprint density at radius 1 is 1.40 bits per heavy atom. The molecule has 1 rings (SSSR count). The van der Waals surface area contributed by atoms with E-state index in [1.165, 1.54) is 12.1 Å². The van der Waals surface area contributed by atoms with Crippen LogP contribution in [0.1, 0.15) is 5.56 Å². The van der Waals surface area contributed by atoms with E-state index in [4.69, 9.17) is 5.11 Å². The van der Waals surface area contributed by atoms with Gasteiger partial charge in [-0.15, -0.1) is 0 Å². The van der Waals surface area contributed by atoms with Crippen LogP contribution in [0.4, 0.5) is 4.39 Å². The van der Waals surface area contributed by atoms with Crippen molar-refractivity contribution < 1.29 is 9.50 Å². The normalized spacial score (nSPS) is 8.60. The molecular weight excluding hydrogens is 142 g/mol. The number of aryl methyl sites for hydroxylation is 1. The molecule has 0 radical (unpaired) electrons. The second-order valence-corrected chi connectivity index (χ2v) is 1.95. The van der Waals surface area contributed by atoms with E-state index < -0.39 is 5.82 Å². The molecule has 0 aromatic heterocycles. The summed E-state index contributed by atoms with van der Waals surface area (Å²) < 4.78 is 12.3. The summed E-state index contributed by atoms with van der Waals surface area (Å²) in [6.07, 6.45) is 0. The van der Waals surface area contributed by atoms with E-state index >= 15 is 0 Å². The van der Waals surface area contributed by atoms with Gasteiger partial charge in [0.2, 0.25) is 0 Å². The summed E-state index contributed by atoms with van der Waals surface area (Å²) in [4.78, 5) is 0. The van der Waals surface area contributed by atoms with Crippen molar-refractivity contribution in [3.8, 4) is 5.75 Å². The van der Waals surface area contributed by atoms with Crippen molar-refractivity contribution in [3.63, 3.8) is 0 Å². The predicted molar refractivity (Wildman–Crippen MR) is 40.0 cm³/mol. The molecular formula is C7H8FNaO. The Bertz CT molecular complexity index is 225. The van der Waals surface area contributed by atoms with Gasteiger partial charge in [0.15, 0.2) is 11.6 Å². The molecule has 0 spiro atoms. The van der Waals surface area contributed by atoms with E-state index in [2.05, 4.69) is 0 Å². The molecule has 1 aromatic carbocycles. The standard InChI is InChI=1S/C7H7FO.Na.H/c1-5-2-3-7(9)6(8)4-5;;/h2-4,9H,1H3;;. The van der Waals surface area contributed by atoms with Crippen LogP contribution in [-0.2, 0) is 0 Å². The molecule has 0 atom stereocenters. The topological polar surface area (TPSA) is 20.2 Å². The van der Waals surface area contributed by atoms with Crippen molar-refractivity contribution in [3.05, 3.63) is 29.6 Å². The predicted octanol–water partition coefficient (Wildman–Crippen LogP) is 1.19. The molecule has 0 amide bonds. The Morgan fingerprint density at radius 3 is 2.40 bits per heavy atom. The fraction of sp³-hybridized carbons (Fsp3) is 0.143. The Hall–Kier alpha value is -0.0500. The molecule has 0 saturated carbocycles. The third-order valence-electron chi connectivity index (χ3n) is 1.10. The number of phenols is 1. The van der Waals surface area contributed by atoms with Gasteiger partial charge < -0.3 is 5.11 Å². The molecule has 0 aliphatic heterocycles. The molecule has 0 heterocycles. The second kappa shape index (κ2) is 3.96. The van der Waals surface area contributed by atoms with E-state index in [1.807, 2.05) is 0 Å². The summed E-state index contributed by atoms with van der Waals surface area (Å²) in [7, 11) is 0. The van der Waals surface area contributed by atoms with E-state index in [9.17, 15) is 4.39 Å². The van der Waals surface area contributed by atoms with Crippen molar-refractivity contribution in [1.82, 2.24) is 0 Å². The van der Waals surface area contributed by atoms with E-state index in [0.29, 0.717) is 0 Å². The van der Waals surface area contributed by atoms with E-state index in [-0.39, 0.29) is 35.3 Å². The van der Waals surface area contributed by atoms with E-state index in [1.54, 1.807) is 13.0 Å². The van der Waals surface area contributed by atoms with Gasteiger partial charge in [-0.1, -0.05) is 6.07 Å². The second-order valence-electron chi connectivity index (χ2n) is 1.95. The maximum absolute atomic E-state index is 12.3. The van der Waals surface area contributed by atoms with Gasteiger partial charge in [-0.25, -0.2) is 4.39 Å².